The van der Waals surface area contributed by atoms with Crippen LogP contribution in [0.2, 0.25) is 0 Å². The summed E-state index contributed by atoms with van der Waals surface area (Å²) in [6.07, 6.45) is 2.10. The van der Waals surface area contributed by atoms with Gasteiger partial charge in [-0.2, -0.15) is 0 Å². The fourth-order valence-electron chi connectivity index (χ4n) is 0.821. The molecule has 1 aliphatic heterocycles. The maximum atomic E-state index is 5.41. The molecule has 0 radical (unpaired) electrons. The summed E-state index contributed by atoms with van der Waals surface area (Å²) in [6, 6.07) is 0. The van der Waals surface area contributed by atoms with Crippen LogP contribution < -0.4 is 5.73 Å². The van der Waals surface area contributed by atoms with Gasteiger partial charge in [0.15, 0.2) is 0 Å². The van der Waals surface area contributed by atoms with Crippen LogP contribution in [0.3, 0.4) is 0 Å². The van der Waals surface area contributed by atoms with Crippen LogP contribution in [0, 0.1) is 5.92 Å². The summed E-state index contributed by atoms with van der Waals surface area (Å²) in [7, 11) is 0. The highest BCUT2D eigenvalue weighted by atomic mass is 32.2. The summed E-state index contributed by atoms with van der Waals surface area (Å²) in [5, 5.41) is 0. The lowest BCUT2D eigenvalue weighted by Crippen LogP contribution is -2.45. The Kier molecular flexibility index (Phi) is 2.16. The Bertz CT molecular complexity index is 62.8. The van der Waals surface area contributed by atoms with Crippen LogP contribution in [0.1, 0.15) is 0 Å². The van der Waals surface area contributed by atoms with E-state index in [4.69, 9.17) is 5.73 Å². The highest BCUT2D eigenvalue weighted by Crippen LogP contribution is 2.20. The van der Waals surface area contributed by atoms with Crippen LogP contribution in [0.25, 0.3) is 0 Å². The lowest BCUT2D eigenvalue weighted by molar-refractivity contribution is 0.227. The number of hydrogen-bond donors (Lipinski definition) is 1. The molecule has 0 saturated carbocycles. The van der Waals surface area contributed by atoms with E-state index in [9.17, 15) is 0 Å². The van der Waals surface area contributed by atoms with E-state index in [0.717, 1.165) is 12.5 Å². The van der Waals surface area contributed by atoms with Crippen molar-refractivity contribution in [3.63, 3.8) is 0 Å². The molecule has 0 aromatic rings. The van der Waals surface area contributed by atoms with Crippen molar-refractivity contribution < 1.29 is 0 Å². The quantitative estimate of drug-likeness (QED) is 0.542. The zero-order valence-corrected chi connectivity index (χ0v) is 5.95. The van der Waals surface area contributed by atoms with E-state index in [2.05, 4.69) is 10.6 Å². The van der Waals surface area contributed by atoms with Gasteiger partial charge in [0, 0.05) is 13.1 Å². The summed E-state index contributed by atoms with van der Waals surface area (Å²) in [5.74, 6) is 0.780. The van der Waals surface area contributed by atoms with E-state index in [1.165, 1.54) is 13.1 Å². The van der Waals surface area contributed by atoms with E-state index in [-0.39, 0.29) is 0 Å². The van der Waals surface area contributed by atoms with Gasteiger partial charge in [0.2, 0.25) is 0 Å². The standard InChI is InChI=1S/C5H12N2S/c1-8-7-3-5(2-6)4-7/h5H,2-4,6H2,1H3. The molecule has 1 saturated heterocycles. The number of rotatable bonds is 2. The van der Waals surface area contributed by atoms with Gasteiger partial charge < -0.3 is 5.73 Å². The first-order valence-electron chi connectivity index (χ1n) is 2.86. The normalized spacial score (nSPS) is 23.2. The Morgan fingerprint density at radius 3 is 2.75 bits per heavy atom. The van der Waals surface area contributed by atoms with E-state index in [1.54, 1.807) is 0 Å². The molecule has 8 heavy (non-hydrogen) atoms. The minimum atomic E-state index is 0.780. The fraction of sp³-hybridized carbons (Fsp3) is 1.00. The van der Waals surface area contributed by atoms with E-state index < -0.39 is 0 Å². The van der Waals surface area contributed by atoms with Gasteiger partial charge in [-0.15, -0.1) is 0 Å². The highest BCUT2D eigenvalue weighted by Gasteiger charge is 2.23. The SMILES string of the molecule is CSN1CC(CN)C1. The molecule has 0 spiro atoms. The summed E-state index contributed by atoms with van der Waals surface area (Å²) in [6.45, 7) is 3.24. The van der Waals surface area contributed by atoms with Crippen molar-refractivity contribution in [1.29, 1.82) is 0 Å². The Morgan fingerprint density at radius 2 is 2.38 bits per heavy atom. The Balaban J connectivity index is 2.03. The number of nitrogens with two attached hydrogens (primary N) is 1. The topological polar surface area (TPSA) is 29.3 Å². The molecule has 0 aromatic carbocycles. The first kappa shape index (κ1) is 6.39. The van der Waals surface area contributed by atoms with Gasteiger partial charge in [0.05, 0.1) is 0 Å². The van der Waals surface area contributed by atoms with Crippen LogP contribution >= 0.6 is 11.9 Å². The largest absolute Gasteiger partial charge is 0.330 e. The maximum absolute atomic E-state index is 5.41. The first-order chi connectivity index (χ1) is 3.86. The van der Waals surface area contributed by atoms with Crippen molar-refractivity contribution in [3.8, 4) is 0 Å². The lowest BCUT2D eigenvalue weighted by atomic mass is 10.0. The molecule has 0 aliphatic carbocycles. The summed E-state index contributed by atoms with van der Waals surface area (Å²) < 4.78 is 2.32. The van der Waals surface area contributed by atoms with E-state index in [1.807, 2.05) is 11.9 Å². The van der Waals surface area contributed by atoms with Gasteiger partial charge in [-0.25, -0.2) is 0 Å². The molecule has 0 atom stereocenters. The van der Waals surface area contributed by atoms with Crippen LogP contribution in [0.5, 0.6) is 0 Å². The van der Waals surface area contributed by atoms with Gasteiger partial charge in [-0.1, -0.05) is 11.9 Å². The van der Waals surface area contributed by atoms with Crippen molar-refractivity contribution in [2.24, 2.45) is 11.7 Å². The van der Waals surface area contributed by atoms with Gasteiger partial charge >= 0.3 is 0 Å². The first-order valence-corrected chi connectivity index (χ1v) is 4.04. The Hall–Kier alpha value is 0.270. The summed E-state index contributed by atoms with van der Waals surface area (Å²) in [4.78, 5) is 0. The fourth-order valence-corrected chi connectivity index (χ4v) is 1.54. The molecular weight excluding hydrogens is 120 g/mol. The third-order valence-corrected chi connectivity index (χ3v) is 2.33. The molecule has 48 valence electrons. The van der Waals surface area contributed by atoms with E-state index in [0.29, 0.717) is 0 Å². The monoisotopic (exact) mass is 132 g/mol. The van der Waals surface area contributed by atoms with Crippen LogP contribution in [0.15, 0.2) is 0 Å². The molecule has 0 amide bonds. The molecule has 1 rings (SSSR count). The smallest absolute Gasteiger partial charge is 0.0142 e. The van der Waals surface area contributed by atoms with Crippen LogP contribution in [-0.2, 0) is 0 Å². The molecule has 1 heterocycles. The molecule has 0 aromatic heterocycles. The molecular formula is C5H12N2S. The second-order valence-corrected chi connectivity index (χ2v) is 3.01. The van der Waals surface area contributed by atoms with Crippen LogP contribution in [0.4, 0.5) is 0 Å². The van der Waals surface area contributed by atoms with Crippen molar-refractivity contribution in [3.05, 3.63) is 0 Å². The number of nitrogens with zero attached hydrogens (tertiary/aromatic N) is 1. The predicted molar refractivity (Wildman–Crippen MR) is 37.6 cm³/mol. The molecule has 0 unspecified atom stereocenters. The van der Waals surface area contributed by atoms with Crippen molar-refractivity contribution in [2.75, 3.05) is 25.9 Å². The zero-order chi connectivity index (χ0) is 5.98. The second-order valence-electron chi connectivity index (χ2n) is 2.13. The number of hydrogen-bond acceptors (Lipinski definition) is 3. The average molecular weight is 132 g/mol. The van der Waals surface area contributed by atoms with E-state index >= 15 is 0 Å². The lowest BCUT2D eigenvalue weighted by Gasteiger charge is -2.36. The van der Waals surface area contributed by atoms with Gasteiger partial charge in [0.1, 0.15) is 0 Å². The second kappa shape index (κ2) is 2.71. The highest BCUT2D eigenvalue weighted by molar-refractivity contribution is 7.96. The molecule has 1 aliphatic rings. The van der Waals surface area contributed by atoms with Crippen molar-refractivity contribution >= 4 is 11.9 Å². The third-order valence-electron chi connectivity index (χ3n) is 1.52. The minimum Gasteiger partial charge on any atom is -0.330 e. The maximum Gasteiger partial charge on any atom is 0.0142 e. The molecule has 3 heteroatoms. The Morgan fingerprint density at radius 1 is 1.75 bits per heavy atom. The molecule has 1 fully saturated rings. The molecule has 2 nitrogen and oxygen atoms in total. The van der Waals surface area contributed by atoms with Crippen molar-refractivity contribution in [1.82, 2.24) is 4.31 Å². The molecule has 0 bridgehead atoms. The Labute approximate surface area is 54.6 Å². The predicted octanol–water partition coefficient (Wildman–Crippen LogP) is 0.155. The van der Waals surface area contributed by atoms with Crippen molar-refractivity contribution in [2.45, 2.75) is 0 Å². The van der Waals surface area contributed by atoms with Gasteiger partial charge in [-0.3, -0.25) is 4.31 Å². The molecule has 2 N–H and O–H groups in total. The van der Waals surface area contributed by atoms with Gasteiger partial charge in [0.25, 0.3) is 0 Å². The minimum absolute atomic E-state index is 0.780. The zero-order valence-electron chi connectivity index (χ0n) is 5.13. The van der Waals surface area contributed by atoms with Gasteiger partial charge in [-0.05, 0) is 18.7 Å². The summed E-state index contributed by atoms with van der Waals surface area (Å²) in [5.41, 5.74) is 5.41. The van der Waals surface area contributed by atoms with Crippen LogP contribution in [-0.4, -0.2) is 30.2 Å². The average Bonchev–Trinajstić information content (AvgIpc) is 1.65. The third kappa shape index (κ3) is 1.16. The summed E-state index contributed by atoms with van der Waals surface area (Å²) >= 11 is 1.81.